The minimum Gasteiger partial charge on any atom is -0.462 e. The highest BCUT2D eigenvalue weighted by Gasteiger charge is 2.22. The van der Waals surface area contributed by atoms with Crippen molar-refractivity contribution in [2.24, 2.45) is 0 Å². The molecule has 13 heavy (non-hydrogen) atoms. The van der Waals surface area contributed by atoms with Gasteiger partial charge in [-0.15, -0.1) is 0 Å². The molecule has 0 aromatic heterocycles. The molecule has 4 nitrogen and oxygen atoms in total. The van der Waals surface area contributed by atoms with E-state index in [1.807, 2.05) is 0 Å². The number of esters is 1. The first-order valence-electron chi connectivity index (χ1n) is 3.97. The van der Waals surface area contributed by atoms with Crippen molar-refractivity contribution in [3.63, 3.8) is 0 Å². The van der Waals surface area contributed by atoms with Gasteiger partial charge in [-0.2, -0.15) is 0 Å². The van der Waals surface area contributed by atoms with Crippen LogP contribution in [0.25, 0.3) is 0 Å². The standard InChI is InChI=1S/C8H16O4Si/c1-4-7(9)12-6-5-8(13,10-2)11-3/h4H,1,5-6H2,2-3,13H3. The molecule has 5 heteroatoms. The highest BCUT2D eigenvalue weighted by atomic mass is 28.1. The SMILES string of the molecule is C=CC(=O)OCCC([SiH3])(OC)OC. The molecule has 0 heterocycles. The van der Waals surface area contributed by atoms with E-state index in [9.17, 15) is 4.79 Å². The molecule has 0 radical (unpaired) electrons. The number of methoxy groups -OCH3 is 2. The minimum atomic E-state index is -0.554. The lowest BCUT2D eigenvalue weighted by molar-refractivity contribution is -0.159. The summed E-state index contributed by atoms with van der Waals surface area (Å²) in [5.74, 6) is -0.420. The van der Waals surface area contributed by atoms with E-state index in [1.165, 1.54) is 0 Å². The molecule has 0 aromatic carbocycles. The van der Waals surface area contributed by atoms with Crippen molar-refractivity contribution < 1.29 is 19.0 Å². The molecule has 0 aliphatic carbocycles. The third kappa shape index (κ3) is 4.82. The fraction of sp³-hybridized carbons (Fsp3) is 0.625. The zero-order chi connectivity index (χ0) is 10.3. The predicted octanol–water partition coefficient (Wildman–Crippen LogP) is -0.582. The van der Waals surface area contributed by atoms with Gasteiger partial charge in [0.15, 0.2) is 0 Å². The summed E-state index contributed by atoms with van der Waals surface area (Å²) in [4.78, 5) is 10.7. The molecule has 0 aliphatic rings. The van der Waals surface area contributed by atoms with Gasteiger partial charge in [-0.05, 0) is 0 Å². The smallest absolute Gasteiger partial charge is 0.330 e. The van der Waals surface area contributed by atoms with E-state index in [2.05, 4.69) is 6.58 Å². The highest BCUT2D eigenvalue weighted by Crippen LogP contribution is 2.10. The van der Waals surface area contributed by atoms with Crippen LogP contribution in [-0.4, -0.2) is 42.4 Å². The van der Waals surface area contributed by atoms with E-state index in [4.69, 9.17) is 14.2 Å². The van der Waals surface area contributed by atoms with Crippen LogP contribution >= 0.6 is 0 Å². The van der Waals surface area contributed by atoms with Crippen molar-refractivity contribution in [3.8, 4) is 0 Å². The summed E-state index contributed by atoms with van der Waals surface area (Å²) in [7, 11) is 3.87. The van der Waals surface area contributed by atoms with E-state index in [0.29, 0.717) is 6.42 Å². The molecule has 0 saturated carbocycles. The van der Waals surface area contributed by atoms with E-state index < -0.39 is 11.4 Å². The van der Waals surface area contributed by atoms with Crippen LogP contribution in [0.5, 0.6) is 0 Å². The van der Waals surface area contributed by atoms with Crippen LogP contribution in [0.2, 0.25) is 0 Å². The molecule has 0 bridgehead atoms. The molecule has 76 valence electrons. The summed E-state index contributed by atoms with van der Waals surface area (Å²) in [6.45, 7) is 3.58. The highest BCUT2D eigenvalue weighted by molar-refractivity contribution is 6.13. The normalized spacial score (nSPS) is 11.2. The van der Waals surface area contributed by atoms with Crippen LogP contribution in [0.1, 0.15) is 6.42 Å². The van der Waals surface area contributed by atoms with Crippen LogP contribution in [0.4, 0.5) is 0 Å². The minimum absolute atomic E-state index is 0.288. The molecule has 0 aliphatic heterocycles. The topological polar surface area (TPSA) is 44.8 Å². The quantitative estimate of drug-likeness (QED) is 0.251. The van der Waals surface area contributed by atoms with Crippen molar-refractivity contribution >= 4 is 16.2 Å². The van der Waals surface area contributed by atoms with Gasteiger partial charge in [0.2, 0.25) is 0 Å². The van der Waals surface area contributed by atoms with Crippen LogP contribution in [0.3, 0.4) is 0 Å². The third-order valence-electron chi connectivity index (χ3n) is 1.83. The van der Waals surface area contributed by atoms with Crippen molar-refractivity contribution in [1.29, 1.82) is 0 Å². The fourth-order valence-electron chi connectivity index (χ4n) is 0.683. The number of ether oxygens (including phenoxy) is 3. The summed E-state index contributed by atoms with van der Waals surface area (Å²) in [6, 6.07) is 0. The van der Waals surface area contributed by atoms with Crippen molar-refractivity contribution in [1.82, 2.24) is 0 Å². The third-order valence-corrected chi connectivity index (χ3v) is 3.15. The Hall–Kier alpha value is -0.653. The lowest BCUT2D eigenvalue weighted by Crippen LogP contribution is -2.35. The Balaban J connectivity index is 3.73. The van der Waals surface area contributed by atoms with E-state index >= 15 is 0 Å². The molecule has 0 atom stereocenters. The average molecular weight is 204 g/mol. The Morgan fingerprint density at radius 1 is 1.54 bits per heavy atom. The lowest BCUT2D eigenvalue weighted by Gasteiger charge is -2.26. The van der Waals surface area contributed by atoms with Crippen LogP contribution in [0.15, 0.2) is 12.7 Å². The summed E-state index contributed by atoms with van der Waals surface area (Å²) in [5, 5.41) is 0. The monoisotopic (exact) mass is 204 g/mol. The number of carbonyl (C=O) groups is 1. The van der Waals surface area contributed by atoms with Crippen LogP contribution in [0, 0.1) is 0 Å². The number of carbonyl (C=O) groups excluding carboxylic acids is 1. The Labute approximate surface area is 81.3 Å². The molecule has 0 amide bonds. The van der Waals surface area contributed by atoms with Crippen LogP contribution in [-0.2, 0) is 19.0 Å². The van der Waals surface area contributed by atoms with Crippen LogP contribution < -0.4 is 0 Å². The molecule has 0 saturated heterocycles. The van der Waals surface area contributed by atoms with Gasteiger partial charge in [0.1, 0.15) is 5.41 Å². The molecule has 0 aromatic rings. The van der Waals surface area contributed by atoms with Gasteiger partial charge in [0.25, 0.3) is 0 Å². The van der Waals surface area contributed by atoms with Gasteiger partial charge in [-0.1, -0.05) is 6.58 Å². The van der Waals surface area contributed by atoms with E-state index in [-0.39, 0.29) is 6.61 Å². The first-order chi connectivity index (χ1) is 6.08. The molecule has 0 fully saturated rings. The Bertz CT molecular complexity index is 177. The molecular weight excluding hydrogens is 188 g/mol. The second kappa shape index (κ2) is 5.90. The Morgan fingerprint density at radius 3 is 2.46 bits per heavy atom. The van der Waals surface area contributed by atoms with Gasteiger partial charge in [-0.3, -0.25) is 0 Å². The van der Waals surface area contributed by atoms with Gasteiger partial charge in [0, 0.05) is 26.7 Å². The molecule has 0 unspecified atom stereocenters. The maximum atomic E-state index is 10.7. The van der Waals surface area contributed by atoms with Gasteiger partial charge in [-0.25, -0.2) is 4.79 Å². The largest absolute Gasteiger partial charge is 0.462 e. The van der Waals surface area contributed by atoms with E-state index in [0.717, 1.165) is 16.3 Å². The number of hydrogen-bond donors (Lipinski definition) is 0. The van der Waals surface area contributed by atoms with Gasteiger partial charge < -0.3 is 14.2 Å². The molecule has 0 spiro atoms. The lowest BCUT2D eigenvalue weighted by atomic mass is 10.4. The number of hydrogen-bond acceptors (Lipinski definition) is 4. The Morgan fingerprint density at radius 2 is 2.08 bits per heavy atom. The summed E-state index contributed by atoms with van der Waals surface area (Å²) in [6.07, 6.45) is 1.68. The predicted molar refractivity (Wildman–Crippen MR) is 52.5 cm³/mol. The second-order valence-corrected chi connectivity index (χ2v) is 4.19. The number of rotatable bonds is 6. The molecular formula is C8H16O4Si. The van der Waals surface area contributed by atoms with Gasteiger partial charge >= 0.3 is 5.97 Å². The second-order valence-electron chi connectivity index (χ2n) is 2.66. The summed E-state index contributed by atoms with van der Waals surface area (Å²) < 4.78 is 15.0. The fourth-order valence-corrected chi connectivity index (χ4v) is 0.888. The maximum Gasteiger partial charge on any atom is 0.330 e. The first-order valence-corrected chi connectivity index (χ1v) is 4.97. The van der Waals surface area contributed by atoms with Crippen molar-refractivity contribution in [3.05, 3.63) is 12.7 Å². The maximum absolute atomic E-state index is 10.7. The molecule has 0 N–H and O–H groups in total. The van der Waals surface area contributed by atoms with Gasteiger partial charge in [0.05, 0.1) is 16.8 Å². The van der Waals surface area contributed by atoms with Crippen molar-refractivity contribution in [2.45, 2.75) is 11.8 Å². The zero-order valence-corrected chi connectivity index (χ0v) is 10.3. The average Bonchev–Trinajstić information content (AvgIpc) is 2.17. The molecule has 0 rings (SSSR count). The summed E-state index contributed by atoms with van der Waals surface area (Å²) >= 11 is 0. The Kier molecular flexibility index (Phi) is 5.61. The summed E-state index contributed by atoms with van der Waals surface area (Å²) in [5.41, 5.74) is -0.554. The zero-order valence-electron chi connectivity index (χ0n) is 8.33. The van der Waals surface area contributed by atoms with Crippen molar-refractivity contribution in [2.75, 3.05) is 20.8 Å². The first kappa shape index (κ1) is 12.3. The van der Waals surface area contributed by atoms with E-state index in [1.54, 1.807) is 14.2 Å².